The molecule has 8 heteroatoms. The Hall–Kier alpha value is -1.74. The van der Waals surface area contributed by atoms with Crippen molar-refractivity contribution >= 4 is 31.9 Å². The molecule has 0 saturated carbocycles. The lowest BCUT2D eigenvalue weighted by Crippen LogP contribution is -2.47. The number of rotatable bonds is 6. The number of primary amides is 1. The number of carbonyl (C=O) groups is 1. The summed E-state index contributed by atoms with van der Waals surface area (Å²) in [6.07, 6.45) is 0. The number of nitrogens with one attached hydrogen (secondary N) is 1. The van der Waals surface area contributed by atoms with Crippen LogP contribution in [0.15, 0.2) is 57.9 Å². The minimum atomic E-state index is -3.81. The molecule has 0 bridgehead atoms. The molecule has 2 rings (SSSR count). The number of nitrogens with two attached hydrogens (primary N) is 1. The van der Waals surface area contributed by atoms with Gasteiger partial charge in [0.05, 0.1) is 4.90 Å². The van der Waals surface area contributed by atoms with Crippen LogP contribution in [-0.2, 0) is 14.8 Å². The average Bonchev–Trinajstić information content (AvgIpc) is 2.62. The zero-order valence-electron chi connectivity index (χ0n) is 14.8. The van der Waals surface area contributed by atoms with E-state index in [9.17, 15) is 13.2 Å². The molecule has 0 heterocycles. The van der Waals surface area contributed by atoms with Crippen molar-refractivity contribution in [2.24, 2.45) is 11.7 Å². The molecule has 0 unspecified atom stereocenters. The summed E-state index contributed by atoms with van der Waals surface area (Å²) in [5.41, 5.74) is 7.14. The van der Waals surface area contributed by atoms with E-state index in [-0.39, 0.29) is 10.8 Å². The average molecular weight is 443 g/mol. The van der Waals surface area contributed by atoms with Crippen LogP contribution in [0.2, 0.25) is 0 Å². The molecule has 0 aliphatic heterocycles. The molecule has 0 aliphatic carbocycles. The lowest BCUT2D eigenvalue weighted by atomic mass is 10.1. The summed E-state index contributed by atoms with van der Waals surface area (Å²) in [6.45, 7) is 3.46. The molecule has 2 aromatic rings. The maximum Gasteiger partial charge on any atom is 0.241 e. The fourth-order valence-electron chi connectivity index (χ4n) is 2.23. The first kappa shape index (κ1) is 22.3. The minimum Gasteiger partial charge on any atom is -0.400 e. The van der Waals surface area contributed by atoms with Crippen LogP contribution >= 0.6 is 15.9 Å². The van der Waals surface area contributed by atoms with Crippen molar-refractivity contribution < 1.29 is 18.3 Å². The molecular weight excluding hydrogens is 420 g/mol. The van der Waals surface area contributed by atoms with Gasteiger partial charge in [0.1, 0.15) is 6.04 Å². The van der Waals surface area contributed by atoms with E-state index >= 15 is 0 Å². The first-order chi connectivity index (χ1) is 12.2. The molecule has 6 nitrogen and oxygen atoms in total. The van der Waals surface area contributed by atoms with E-state index < -0.39 is 22.0 Å². The van der Waals surface area contributed by atoms with Crippen LogP contribution in [0, 0.1) is 5.92 Å². The van der Waals surface area contributed by atoms with E-state index in [2.05, 4.69) is 20.7 Å². The molecule has 1 amide bonds. The van der Waals surface area contributed by atoms with Crippen LogP contribution in [-0.4, -0.2) is 32.6 Å². The molecule has 0 aromatic heterocycles. The predicted molar refractivity (Wildman–Crippen MR) is 106 cm³/mol. The number of aliphatic hydroxyl groups is 1. The van der Waals surface area contributed by atoms with Crippen molar-refractivity contribution in [3.8, 4) is 11.1 Å². The maximum atomic E-state index is 12.4. The summed E-state index contributed by atoms with van der Waals surface area (Å²) >= 11 is 3.38. The molecule has 1 atom stereocenters. The van der Waals surface area contributed by atoms with Crippen LogP contribution in [0.25, 0.3) is 11.1 Å². The highest BCUT2D eigenvalue weighted by atomic mass is 79.9. The van der Waals surface area contributed by atoms with Crippen molar-refractivity contribution in [2.75, 3.05) is 7.11 Å². The number of hydrogen-bond acceptors (Lipinski definition) is 4. The standard InChI is InChI=1S/C17H19BrN2O3S.CH4O/c1-11(2)16(17(19)21)20-24(22,23)15-9-5-13(6-10-15)12-3-7-14(18)8-4-12;1-2/h3-11,16,20H,1-2H3,(H2,19,21);2H,1H3/t16-;/m1./s1. The summed E-state index contributed by atoms with van der Waals surface area (Å²) in [5.74, 6) is -0.931. The van der Waals surface area contributed by atoms with Crippen LogP contribution in [0.4, 0.5) is 0 Å². The largest absolute Gasteiger partial charge is 0.400 e. The Kier molecular flexibility index (Phi) is 8.42. The molecule has 0 saturated heterocycles. The zero-order chi connectivity index (χ0) is 19.9. The van der Waals surface area contributed by atoms with E-state index in [0.717, 1.165) is 22.7 Å². The summed E-state index contributed by atoms with van der Waals surface area (Å²) in [6, 6.07) is 13.3. The van der Waals surface area contributed by atoms with Gasteiger partial charge in [0.25, 0.3) is 0 Å². The van der Waals surface area contributed by atoms with E-state index in [4.69, 9.17) is 10.8 Å². The minimum absolute atomic E-state index is 0.0928. The van der Waals surface area contributed by atoms with E-state index in [1.165, 1.54) is 12.1 Å². The van der Waals surface area contributed by atoms with E-state index in [1.807, 2.05) is 24.3 Å². The van der Waals surface area contributed by atoms with Gasteiger partial charge < -0.3 is 10.8 Å². The summed E-state index contributed by atoms with van der Waals surface area (Å²) < 4.78 is 28.2. The smallest absolute Gasteiger partial charge is 0.241 e. The Labute approximate surface area is 162 Å². The van der Waals surface area contributed by atoms with Crippen LogP contribution in [0.3, 0.4) is 0 Å². The number of benzene rings is 2. The lowest BCUT2D eigenvalue weighted by Gasteiger charge is -2.19. The van der Waals surface area contributed by atoms with Gasteiger partial charge >= 0.3 is 0 Å². The van der Waals surface area contributed by atoms with Gasteiger partial charge in [-0.2, -0.15) is 4.72 Å². The molecule has 142 valence electrons. The Bertz CT molecular complexity index is 819. The normalized spacial score (nSPS) is 12.2. The summed E-state index contributed by atoms with van der Waals surface area (Å²) in [4.78, 5) is 11.5. The molecule has 0 aliphatic rings. The monoisotopic (exact) mass is 442 g/mol. The number of halogens is 1. The van der Waals surface area contributed by atoms with Gasteiger partial charge in [-0.15, -0.1) is 0 Å². The second-order valence-corrected chi connectivity index (χ2v) is 8.41. The Morgan fingerprint density at radius 2 is 1.42 bits per heavy atom. The van der Waals surface area contributed by atoms with Crippen LogP contribution in [0.1, 0.15) is 13.8 Å². The molecule has 0 radical (unpaired) electrons. The number of carbonyl (C=O) groups excluding carboxylic acids is 1. The summed E-state index contributed by atoms with van der Waals surface area (Å²) in [5, 5.41) is 7.00. The van der Waals surface area contributed by atoms with Gasteiger partial charge in [0.2, 0.25) is 15.9 Å². The first-order valence-corrected chi connectivity index (χ1v) is 10.1. The van der Waals surface area contributed by atoms with Crippen LogP contribution in [0.5, 0.6) is 0 Å². The second kappa shape index (κ2) is 9.82. The SMILES string of the molecule is CC(C)[C@@H](NS(=O)(=O)c1ccc(-c2ccc(Br)cc2)cc1)C(N)=O.CO. The van der Waals surface area contributed by atoms with Gasteiger partial charge in [-0.1, -0.05) is 54.0 Å². The highest BCUT2D eigenvalue weighted by molar-refractivity contribution is 9.10. The Morgan fingerprint density at radius 3 is 1.81 bits per heavy atom. The van der Waals surface area contributed by atoms with Crippen molar-refractivity contribution in [2.45, 2.75) is 24.8 Å². The van der Waals surface area contributed by atoms with E-state index in [0.29, 0.717) is 0 Å². The predicted octanol–water partition coefficient (Wildman–Crippen LogP) is 2.51. The second-order valence-electron chi connectivity index (χ2n) is 5.78. The maximum absolute atomic E-state index is 12.4. The number of sulfonamides is 1. The number of amides is 1. The molecule has 0 spiro atoms. The molecule has 0 fully saturated rings. The number of hydrogen-bond donors (Lipinski definition) is 3. The van der Waals surface area contributed by atoms with Crippen LogP contribution < -0.4 is 10.5 Å². The Balaban J connectivity index is 0.00000163. The fraction of sp³-hybridized carbons (Fsp3) is 0.278. The van der Waals surface area contributed by atoms with Gasteiger partial charge in [-0.3, -0.25) is 4.79 Å². The van der Waals surface area contributed by atoms with Gasteiger partial charge in [0.15, 0.2) is 0 Å². The Morgan fingerprint density at radius 1 is 1.00 bits per heavy atom. The molecule has 26 heavy (non-hydrogen) atoms. The fourth-order valence-corrected chi connectivity index (χ4v) is 3.84. The highest BCUT2D eigenvalue weighted by Crippen LogP contribution is 2.23. The summed E-state index contributed by atoms with van der Waals surface area (Å²) in [7, 11) is -2.81. The third-order valence-corrected chi connectivity index (χ3v) is 5.58. The van der Waals surface area contributed by atoms with E-state index in [1.54, 1.807) is 26.0 Å². The molecule has 2 aromatic carbocycles. The lowest BCUT2D eigenvalue weighted by molar-refractivity contribution is -0.120. The zero-order valence-corrected chi connectivity index (χ0v) is 17.2. The van der Waals surface area contributed by atoms with Crippen molar-refractivity contribution in [3.05, 3.63) is 53.0 Å². The van der Waals surface area contributed by atoms with Crippen molar-refractivity contribution in [1.29, 1.82) is 0 Å². The van der Waals surface area contributed by atoms with Crippen molar-refractivity contribution in [1.82, 2.24) is 4.72 Å². The van der Waals surface area contributed by atoms with Gasteiger partial charge in [0, 0.05) is 11.6 Å². The third-order valence-electron chi connectivity index (χ3n) is 3.60. The topological polar surface area (TPSA) is 109 Å². The third kappa shape index (κ3) is 5.91. The van der Waals surface area contributed by atoms with Crippen molar-refractivity contribution in [3.63, 3.8) is 0 Å². The molecular formula is C18H23BrN2O4S. The van der Waals surface area contributed by atoms with Gasteiger partial charge in [-0.25, -0.2) is 8.42 Å². The number of aliphatic hydroxyl groups excluding tert-OH is 1. The highest BCUT2D eigenvalue weighted by Gasteiger charge is 2.26. The molecule has 4 N–H and O–H groups in total. The quantitative estimate of drug-likeness (QED) is 0.637. The van der Waals surface area contributed by atoms with Gasteiger partial charge in [-0.05, 0) is 41.3 Å². The first-order valence-electron chi connectivity index (χ1n) is 7.83.